The Bertz CT molecular complexity index is 501. The molecule has 0 unspecified atom stereocenters. The van der Waals surface area contributed by atoms with Crippen LogP contribution in [0.4, 0.5) is 0 Å². The Balaban J connectivity index is 3.13. The average Bonchev–Trinajstić information content (AvgIpc) is 2.36. The molecule has 1 amide bonds. The smallest absolute Gasteiger partial charge is 0.261 e. The minimum Gasteiger partial charge on any atom is -0.504 e. The molecule has 0 radical (unpaired) electrons. The van der Waals surface area contributed by atoms with Crippen molar-refractivity contribution in [3.63, 3.8) is 0 Å². The van der Waals surface area contributed by atoms with Crippen LogP contribution in [-0.2, 0) is 4.79 Å². The number of amides is 1. The predicted octanol–water partition coefficient (Wildman–Crippen LogP) is 1.05. The number of rotatable bonds is 3. The van der Waals surface area contributed by atoms with Gasteiger partial charge in [-0.3, -0.25) is 4.79 Å². The molecule has 1 aromatic rings. The number of hydrogen-bond acceptors (Lipinski definition) is 4. The number of carbonyl (C=O) groups is 1. The zero-order valence-electron chi connectivity index (χ0n) is 9.52. The maximum Gasteiger partial charge on any atom is 0.261 e. The van der Waals surface area contributed by atoms with E-state index in [0.717, 1.165) is 0 Å². The molecule has 1 rings (SSSR count). The van der Waals surface area contributed by atoms with Crippen LogP contribution in [0.15, 0.2) is 23.8 Å². The Labute approximate surface area is 98.9 Å². The Kier molecular flexibility index (Phi) is 4.12. The SMILES string of the molecule is CNC(=O)/C(C#N)=C/c1ccc(O)c(OC)c1. The average molecular weight is 232 g/mol. The number of methoxy groups -OCH3 is 1. The fourth-order valence-electron chi connectivity index (χ4n) is 1.23. The van der Waals surface area contributed by atoms with Crippen LogP contribution in [0.3, 0.4) is 0 Å². The number of phenols is 1. The number of nitriles is 1. The van der Waals surface area contributed by atoms with Gasteiger partial charge in [0.25, 0.3) is 5.91 Å². The van der Waals surface area contributed by atoms with Crippen LogP contribution in [0.2, 0.25) is 0 Å². The maximum absolute atomic E-state index is 11.3. The zero-order chi connectivity index (χ0) is 12.8. The van der Waals surface area contributed by atoms with E-state index in [2.05, 4.69) is 5.32 Å². The minimum atomic E-state index is -0.459. The van der Waals surface area contributed by atoms with E-state index in [-0.39, 0.29) is 17.1 Å². The Morgan fingerprint density at radius 2 is 2.29 bits per heavy atom. The molecule has 5 nitrogen and oxygen atoms in total. The molecule has 0 heterocycles. The van der Waals surface area contributed by atoms with Crippen LogP contribution in [-0.4, -0.2) is 25.2 Å². The largest absolute Gasteiger partial charge is 0.504 e. The molecule has 0 aliphatic rings. The number of nitrogens with one attached hydrogen (secondary N) is 1. The highest BCUT2D eigenvalue weighted by atomic mass is 16.5. The molecule has 0 atom stereocenters. The molecule has 0 saturated heterocycles. The predicted molar refractivity (Wildman–Crippen MR) is 62.3 cm³/mol. The molecule has 0 fully saturated rings. The number of likely N-dealkylation sites (N-methyl/N-ethyl adjacent to an activating group) is 1. The number of ether oxygens (including phenoxy) is 1. The van der Waals surface area contributed by atoms with Gasteiger partial charge in [-0.25, -0.2) is 0 Å². The molecule has 2 N–H and O–H groups in total. The van der Waals surface area contributed by atoms with E-state index in [1.807, 2.05) is 0 Å². The second kappa shape index (κ2) is 5.56. The summed E-state index contributed by atoms with van der Waals surface area (Å²) in [5.41, 5.74) is 0.583. The minimum absolute atomic E-state index is 0.00287. The Morgan fingerprint density at radius 3 is 2.82 bits per heavy atom. The molecule has 1 aromatic carbocycles. The van der Waals surface area contributed by atoms with E-state index in [1.54, 1.807) is 12.1 Å². The third kappa shape index (κ3) is 2.98. The van der Waals surface area contributed by atoms with E-state index in [4.69, 9.17) is 10.00 Å². The third-order valence-electron chi connectivity index (χ3n) is 2.11. The number of nitrogens with zero attached hydrogens (tertiary/aromatic N) is 1. The van der Waals surface area contributed by atoms with E-state index in [0.29, 0.717) is 5.56 Å². The van der Waals surface area contributed by atoms with Gasteiger partial charge in [0.15, 0.2) is 11.5 Å². The summed E-state index contributed by atoms with van der Waals surface area (Å²) in [5, 5.41) is 20.6. The molecular weight excluding hydrogens is 220 g/mol. The van der Waals surface area contributed by atoms with Gasteiger partial charge >= 0.3 is 0 Å². The molecule has 5 heteroatoms. The van der Waals surface area contributed by atoms with Crippen molar-refractivity contribution < 1.29 is 14.6 Å². The van der Waals surface area contributed by atoms with Crippen LogP contribution in [0.1, 0.15) is 5.56 Å². The fraction of sp³-hybridized carbons (Fsp3) is 0.167. The van der Waals surface area contributed by atoms with Crippen LogP contribution >= 0.6 is 0 Å². The van der Waals surface area contributed by atoms with Gasteiger partial charge in [0, 0.05) is 7.05 Å². The highest BCUT2D eigenvalue weighted by Crippen LogP contribution is 2.27. The molecular formula is C12H12N2O3. The first-order valence-corrected chi connectivity index (χ1v) is 4.83. The van der Waals surface area contributed by atoms with Crippen molar-refractivity contribution in [3.8, 4) is 17.6 Å². The summed E-state index contributed by atoms with van der Waals surface area (Å²) < 4.78 is 4.92. The van der Waals surface area contributed by atoms with Crippen molar-refractivity contribution in [2.24, 2.45) is 0 Å². The summed E-state index contributed by atoms with van der Waals surface area (Å²) in [7, 11) is 2.87. The first kappa shape index (κ1) is 12.6. The summed E-state index contributed by atoms with van der Waals surface area (Å²) in [6.07, 6.45) is 1.42. The Morgan fingerprint density at radius 1 is 1.59 bits per heavy atom. The normalized spacial score (nSPS) is 10.5. The maximum atomic E-state index is 11.3. The number of carbonyl (C=O) groups excluding carboxylic acids is 1. The van der Waals surface area contributed by atoms with Crippen molar-refractivity contribution in [2.75, 3.05) is 14.2 Å². The van der Waals surface area contributed by atoms with Crippen molar-refractivity contribution in [1.29, 1.82) is 5.26 Å². The fourth-order valence-corrected chi connectivity index (χ4v) is 1.23. The first-order valence-electron chi connectivity index (χ1n) is 4.83. The van der Waals surface area contributed by atoms with Gasteiger partial charge in [0.2, 0.25) is 0 Å². The molecule has 0 bridgehead atoms. The highest BCUT2D eigenvalue weighted by molar-refractivity contribution is 6.01. The molecule has 0 spiro atoms. The summed E-state index contributed by atoms with van der Waals surface area (Å²) in [6, 6.07) is 6.35. The van der Waals surface area contributed by atoms with Gasteiger partial charge < -0.3 is 15.2 Å². The van der Waals surface area contributed by atoms with Gasteiger partial charge in [-0.1, -0.05) is 6.07 Å². The molecule has 17 heavy (non-hydrogen) atoms. The first-order chi connectivity index (χ1) is 8.12. The van der Waals surface area contributed by atoms with E-state index >= 15 is 0 Å². The van der Waals surface area contributed by atoms with Crippen LogP contribution in [0.25, 0.3) is 6.08 Å². The number of phenolic OH excluding ortho intramolecular Hbond substituents is 1. The van der Waals surface area contributed by atoms with E-state index in [9.17, 15) is 9.90 Å². The topological polar surface area (TPSA) is 82.4 Å². The molecule has 0 aliphatic heterocycles. The lowest BCUT2D eigenvalue weighted by atomic mass is 10.1. The molecule has 0 saturated carbocycles. The van der Waals surface area contributed by atoms with Crippen molar-refractivity contribution in [3.05, 3.63) is 29.3 Å². The van der Waals surface area contributed by atoms with Crippen molar-refractivity contribution in [1.82, 2.24) is 5.32 Å². The van der Waals surface area contributed by atoms with E-state index in [1.165, 1.54) is 32.4 Å². The van der Waals surface area contributed by atoms with Crippen LogP contribution < -0.4 is 10.1 Å². The summed E-state index contributed by atoms with van der Waals surface area (Å²) in [4.78, 5) is 11.3. The van der Waals surface area contributed by atoms with Crippen molar-refractivity contribution >= 4 is 12.0 Å². The van der Waals surface area contributed by atoms with Gasteiger partial charge in [-0.15, -0.1) is 0 Å². The number of aromatic hydroxyl groups is 1. The number of benzene rings is 1. The van der Waals surface area contributed by atoms with Gasteiger partial charge in [0.05, 0.1) is 7.11 Å². The Hall–Kier alpha value is -2.48. The van der Waals surface area contributed by atoms with E-state index < -0.39 is 5.91 Å². The summed E-state index contributed by atoms with van der Waals surface area (Å²) in [5.74, 6) is -0.171. The highest BCUT2D eigenvalue weighted by Gasteiger charge is 2.07. The molecule has 0 aromatic heterocycles. The molecule has 0 aliphatic carbocycles. The van der Waals surface area contributed by atoms with Gasteiger partial charge in [-0.05, 0) is 23.8 Å². The molecule has 88 valence electrons. The van der Waals surface area contributed by atoms with Crippen LogP contribution in [0.5, 0.6) is 11.5 Å². The lowest BCUT2D eigenvalue weighted by molar-refractivity contribution is -0.116. The lowest BCUT2D eigenvalue weighted by Gasteiger charge is -2.04. The second-order valence-electron chi connectivity index (χ2n) is 3.18. The third-order valence-corrected chi connectivity index (χ3v) is 2.11. The second-order valence-corrected chi connectivity index (χ2v) is 3.18. The summed E-state index contributed by atoms with van der Waals surface area (Å²) in [6.45, 7) is 0. The van der Waals surface area contributed by atoms with Crippen molar-refractivity contribution in [2.45, 2.75) is 0 Å². The van der Waals surface area contributed by atoms with Crippen LogP contribution in [0, 0.1) is 11.3 Å². The standard InChI is InChI=1S/C12H12N2O3/c1-14-12(16)9(7-13)5-8-3-4-10(15)11(6-8)17-2/h3-6,15H,1-2H3,(H,14,16)/b9-5+. The summed E-state index contributed by atoms with van der Waals surface area (Å²) >= 11 is 0. The number of hydrogen-bond donors (Lipinski definition) is 2. The van der Waals surface area contributed by atoms with Gasteiger partial charge in [0.1, 0.15) is 11.6 Å². The zero-order valence-corrected chi connectivity index (χ0v) is 9.52. The lowest BCUT2D eigenvalue weighted by Crippen LogP contribution is -2.19. The monoisotopic (exact) mass is 232 g/mol. The van der Waals surface area contributed by atoms with Gasteiger partial charge in [-0.2, -0.15) is 5.26 Å². The quantitative estimate of drug-likeness (QED) is 0.603.